The van der Waals surface area contributed by atoms with Gasteiger partial charge in [0, 0.05) is 5.69 Å². The molecule has 5 nitrogen and oxygen atoms in total. The number of para-hydroxylation sites is 2. The van der Waals surface area contributed by atoms with Gasteiger partial charge in [0.15, 0.2) is 0 Å². The van der Waals surface area contributed by atoms with E-state index in [1.807, 2.05) is 49.4 Å². The Balaban J connectivity index is 1.90. The monoisotopic (exact) mass is 326 g/mol. The second-order valence-corrected chi connectivity index (χ2v) is 5.37. The zero-order valence-electron chi connectivity index (χ0n) is 14.0. The third-order valence-corrected chi connectivity index (χ3v) is 3.18. The molecule has 0 aliphatic heterocycles. The van der Waals surface area contributed by atoms with Crippen LogP contribution in [0.5, 0.6) is 11.5 Å². The van der Waals surface area contributed by atoms with Gasteiger partial charge >= 0.3 is 0 Å². The summed E-state index contributed by atoms with van der Waals surface area (Å²) in [4.78, 5) is 12.1. The van der Waals surface area contributed by atoms with Crippen molar-refractivity contribution in [3.8, 4) is 11.5 Å². The van der Waals surface area contributed by atoms with Crippen molar-refractivity contribution in [2.24, 2.45) is 0 Å². The topological polar surface area (TPSA) is 59.6 Å². The highest BCUT2D eigenvalue weighted by atomic mass is 16.5. The van der Waals surface area contributed by atoms with Crippen molar-refractivity contribution in [3.05, 3.63) is 60.7 Å². The summed E-state index contributed by atoms with van der Waals surface area (Å²) < 4.78 is 10.7. The maximum absolute atomic E-state index is 12.1. The van der Waals surface area contributed by atoms with Crippen LogP contribution in [0.3, 0.4) is 0 Å². The number of methoxy groups -OCH3 is 1. The Morgan fingerprint density at radius 2 is 1.83 bits per heavy atom. The molecule has 2 N–H and O–H groups in total. The van der Waals surface area contributed by atoms with Crippen LogP contribution >= 0.6 is 0 Å². The van der Waals surface area contributed by atoms with Crippen LogP contribution in [0.4, 0.5) is 11.4 Å². The van der Waals surface area contributed by atoms with E-state index in [4.69, 9.17) is 9.47 Å². The van der Waals surface area contributed by atoms with Crippen LogP contribution in [0.25, 0.3) is 0 Å². The largest absolute Gasteiger partial charge is 0.497 e. The molecule has 5 heteroatoms. The molecule has 2 aromatic carbocycles. The average molecular weight is 326 g/mol. The van der Waals surface area contributed by atoms with Crippen LogP contribution in [0, 0.1) is 0 Å². The molecule has 0 radical (unpaired) electrons. The van der Waals surface area contributed by atoms with E-state index in [0.29, 0.717) is 18.0 Å². The Hall–Kier alpha value is -2.95. The molecule has 2 rings (SSSR count). The Kier molecular flexibility index (Phi) is 6.25. The first-order chi connectivity index (χ1) is 11.6. The first-order valence-electron chi connectivity index (χ1n) is 7.62. The summed E-state index contributed by atoms with van der Waals surface area (Å²) in [6.45, 7) is 6.26. The molecule has 0 saturated carbocycles. The summed E-state index contributed by atoms with van der Waals surface area (Å²) in [6.07, 6.45) is 0. The number of rotatable bonds is 8. The minimum Gasteiger partial charge on any atom is -0.497 e. The maximum Gasteiger partial charge on any atom is 0.243 e. The molecule has 0 atom stereocenters. The lowest BCUT2D eigenvalue weighted by Gasteiger charge is -2.13. The molecule has 0 unspecified atom stereocenters. The van der Waals surface area contributed by atoms with Gasteiger partial charge in [-0.15, -0.1) is 0 Å². The van der Waals surface area contributed by atoms with Gasteiger partial charge in [-0.05, 0) is 48.9 Å². The van der Waals surface area contributed by atoms with E-state index in [0.717, 1.165) is 17.0 Å². The molecule has 0 fully saturated rings. The molecule has 0 aliphatic rings. The first-order valence-corrected chi connectivity index (χ1v) is 7.62. The van der Waals surface area contributed by atoms with Crippen molar-refractivity contribution >= 4 is 17.3 Å². The molecular formula is C19H22N2O3. The van der Waals surface area contributed by atoms with E-state index < -0.39 is 0 Å². The van der Waals surface area contributed by atoms with Crippen molar-refractivity contribution in [2.75, 3.05) is 30.9 Å². The number of carbonyl (C=O) groups is 1. The lowest BCUT2D eigenvalue weighted by Crippen LogP contribution is -2.22. The predicted molar refractivity (Wildman–Crippen MR) is 96.9 cm³/mol. The molecule has 1 amide bonds. The highest BCUT2D eigenvalue weighted by Crippen LogP contribution is 2.24. The number of hydrogen-bond acceptors (Lipinski definition) is 4. The lowest BCUT2D eigenvalue weighted by atomic mass is 10.2. The number of nitrogens with one attached hydrogen (secondary N) is 2. The SMILES string of the molecule is C=C(C)COc1ccccc1NC(=O)CNc1ccc(OC)cc1. The second kappa shape index (κ2) is 8.62. The van der Waals surface area contributed by atoms with Gasteiger partial charge < -0.3 is 20.1 Å². The summed E-state index contributed by atoms with van der Waals surface area (Å²) >= 11 is 0. The Bertz CT molecular complexity index is 696. The van der Waals surface area contributed by atoms with Gasteiger partial charge in [0.05, 0.1) is 19.3 Å². The van der Waals surface area contributed by atoms with Crippen LogP contribution in [0.1, 0.15) is 6.92 Å². The maximum atomic E-state index is 12.1. The van der Waals surface area contributed by atoms with Gasteiger partial charge in [-0.1, -0.05) is 18.7 Å². The van der Waals surface area contributed by atoms with Crippen LogP contribution in [0.15, 0.2) is 60.7 Å². The highest BCUT2D eigenvalue weighted by Gasteiger charge is 2.07. The van der Waals surface area contributed by atoms with E-state index in [1.165, 1.54) is 0 Å². The van der Waals surface area contributed by atoms with Crippen molar-refractivity contribution in [2.45, 2.75) is 6.92 Å². The third-order valence-electron chi connectivity index (χ3n) is 3.18. The zero-order valence-corrected chi connectivity index (χ0v) is 14.0. The van der Waals surface area contributed by atoms with E-state index in [2.05, 4.69) is 17.2 Å². The molecule has 24 heavy (non-hydrogen) atoms. The molecule has 2 aromatic rings. The van der Waals surface area contributed by atoms with Crippen molar-refractivity contribution in [1.29, 1.82) is 0 Å². The summed E-state index contributed by atoms with van der Waals surface area (Å²) in [5.41, 5.74) is 2.40. The number of ether oxygens (including phenoxy) is 2. The van der Waals surface area contributed by atoms with E-state index >= 15 is 0 Å². The van der Waals surface area contributed by atoms with E-state index in [9.17, 15) is 4.79 Å². The minimum atomic E-state index is -0.155. The van der Waals surface area contributed by atoms with Crippen molar-refractivity contribution in [1.82, 2.24) is 0 Å². The molecule has 0 heterocycles. The van der Waals surface area contributed by atoms with E-state index in [1.54, 1.807) is 13.2 Å². The average Bonchev–Trinajstić information content (AvgIpc) is 2.59. The van der Waals surface area contributed by atoms with E-state index in [-0.39, 0.29) is 12.5 Å². The summed E-state index contributed by atoms with van der Waals surface area (Å²) in [5, 5.41) is 5.91. The van der Waals surface area contributed by atoms with Crippen LogP contribution in [-0.4, -0.2) is 26.2 Å². The fourth-order valence-electron chi connectivity index (χ4n) is 1.98. The number of anilines is 2. The second-order valence-electron chi connectivity index (χ2n) is 5.37. The molecule has 126 valence electrons. The summed E-state index contributed by atoms with van der Waals surface area (Å²) in [6, 6.07) is 14.7. The highest BCUT2D eigenvalue weighted by molar-refractivity contribution is 5.95. The fraction of sp³-hybridized carbons (Fsp3) is 0.211. The number of carbonyl (C=O) groups excluding carboxylic acids is 1. The van der Waals surface area contributed by atoms with Crippen LogP contribution < -0.4 is 20.1 Å². The fourth-order valence-corrected chi connectivity index (χ4v) is 1.98. The Morgan fingerprint density at radius 1 is 1.12 bits per heavy atom. The Labute approximate surface area is 142 Å². The molecule has 0 bridgehead atoms. The first kappa shape index (κ1) is 17.4. The van der Waals surface area contributed by atoms with Gasteiger partial charge in [0.25, 0.3) is 0 Å². The van der Waals surface area contributed by atoms with Crippen LogP contribution in [-0.2, 0) is 4.79 Å². The van der Waals surface area contributed by atoms with Gasteiger partial charge in [-0.3, -0.25) is 4.79 Å². The molecule has 0 saturated heterocycles. The summed E-state index contributed by atoms with van der Waals surface area (Å²) in [5.74, 6) is 1.24. The zero-order chi connectivity index (χ0) is 17.4. The molecular weight excluding hydrogens is 304 g/mol. The van der Waals surface area contributed by atoms with Gasteiger partial charge in [0.2, 0.25) is 5.91 Å². The predicted octanol–water partition coefficient (Wildman–Crippen LogP) is 3.70. The van der Waals surface area contributed by atoms with Gasteiger partial charge in [-0.2, -0.15) is 0 Å². The van der Waals surface area contributed by atoms with Crippen molar-refractivity contribution in [3.63, 3.8) is 0 Å². The third kappa shape index (κ3) is 5.35. The molecule has 0 aliphatic carbocycles. The summed E-state index contributed by atoms with van der Waals surface area (Å²) in [7, 11) is 1.61. The van der Waals surface area contributed by atoms with Crippen molar-refractivity contribution < 1.29 is 14.3 Å². The number of amides is 1. The number of hydrogen-bond donors (Lipinski definition) is 2. The lowest BCUT2D eigenvalue weighted by molar-refractivity contribution is -0.114. The number of benzene rings is 2. The van der Waals surface area contributed by atoms with Gasteiger partial charge in [0.1, 0.15) is 18.1 Å². The quantitative estimate of drug-likeness (QED) is 0.726. The standard InChI is InChI=1S/C19H22N2O3/c1-14(2)13-24-18-7-5-4-6-17(18)21-19(22)12-20-15-8-10-16(23-3)11-9-15/h4-11,20H,1,12-13H2,2-3H3,(H,21,22). The molecule has 0 aromatic heterocycles. The van der Waals surface area contributed by atoms with Crippen LogP contribution in [0.2, 0.25) is 0 Å². The normalized spacial score (nSPS) is 9.92. The minimum absolute atomic E-state index is 0.154. The Morgan fingerprint density at radius 3 is 2.50 bits per heavy atom. The van der Waals surface area contributed by atoms with Gasteiger partial charge in [-0.25, -0.2) is 0 Å². The smallest absolute Gasteiger partial charge is 0.243 e. The molecule has 0 spiro atoms.